The van der Waals surface area contributed by atoms with Crippen LogP contribution < -0.4 is 10.6 Å². The molecule has 6 heteroatoms. The van der Waals surface area contributed by atoms with Crippen molar-refractivity contribution in [2.75, 3.05) is 19.6 Å². The summed E-state index contributed by atoms with van der Waals surface area (Å²) in [6, 6.07) is 2.72. The third-order valence-corrected chi connectivity index (χ3v) is 2.20. The van der Waals surface area contributed by atoms with Crippen LogP contribution in [0.15, 0.2) is 18.2 Å². The molecule has 0 heterocycles. The fourth-order valence-corrected chi connectivity index (χ4v) is 1.34. The van der Waals surface area contributed by atoms with Crippen LogP contribution in [-0.2, 0) is 0 Å². The van der Waals surface area contributed by atoms with E-state index in [9.17, 15) is 13.6 Å². The molecule has 18 heavy (non-hydrogen) atoms. The number of halogens is 2. The van der Waals surface area contributed by atoms with Crippen LogP contribution in [0.3, 0.4) is 0 Å². The van der Waals surface area contributed by atoms with E-state index in [2.05, 4.69) is 10.6 Å². The topological polar surface area (TPSA) is 61.4 Å². The van der Waals surface area contributed by atoms with Gasteiger partial charge in [-0.1, -0.05) is 0 Å². The molecule has 1 rings (SSSR count). The van der Waals surface area contributed by atoms with E-state index >= 15 is 0 Å². The maximum absolute atomic E-state index is 13.2. The van der Waals surface area contributed by atoms with Gasteiger partial charge in [0.05, 0.1) is 11.7 Å². The fourth-order valence-electron chi connectivity index (χ4n) is 1.34. The van der Waals surface area contributed by atoms with Crippen molar-refractivity contribution in [1.29, 1.82) is 0 Å². The highest BCUT2D eigenvalue weighted by Gasteiger charge is 2.11. The molecule has 0 aliphatic carbocycles. The molecule has 1 atom stereocenters. The Morgan fingerprint density at radius 2 is 2.11 bits per heavy atom. The number of carbonyl (C=O) groups is 1. The predicted octanol–water partition coefficient (Wildman–Crippen LogP) is 0.665. The minimum absolute atomic E-state index is 0.265. The average Bonchev–Trinajstić information content (AvgIpc) is 2.31. The Kier molecular flexibility index (Phi) is 5.67. The third kappa shape index (κ3) is 4.77. The van der Waals surface area contributed by atoms with Crippen LogP contribution in [0.1, 0.15) is 17.3 Å². The summed E-state index contributed by atoms with van der Waals surface area (Å²) < 4.78 is 26.1. The summed E-state index contributed by atoms with van der Waals surface area (Å²) in [6.07, 6.45) is -0.471. The van der Waals surface area contributed by atoms with E-state index in [-0.39, 0.29) is 12.1 Å². The lowest BCUT2D eigenvalue weighted by atomic mass is 10.2. The summed E-state index contributed by atoms with van der Waals surface area (Å²) in [5.41, 5.74) is -0.314. The number of aliphatic hydroxyl groups excluding tert-OH is 1. The zero-order valence-electron chi connectivity index (χ0n) is 10.0. The van der Waals surface area contributed by atoms with Crippen molar-refractivity contribution < 1.29 is 18.7 Å². The van der Waals surface area contributed by atoms with E-state index in [1.165, 1.54) is 0 Å². The summed E-state index contributed by atoms with van der Waals surface area (Å²) in [5.74, 6) is -2.08. The smallest absolute Gasteiger partial charge is 0.254 e. The van der Waals surface area contributed by atoms with Gasteiger partial charge in [-0.25, -0.2) is 8.78 Å². The maximum atomic E-state index is 13.2. The molecule has 4 nitrogen and oxygen atoms in total. The van der Waals surface area contributed by atoms with Crippen LogP contribution in [0.4, 0.5) is 8.78 Å². The number of hydrogen-bond acceptors (Lipinski definition) is 3. The SMILES string of the molecule is CC(O)CNCCNC(=O)c1cc(F)ccc1F. The zero-order chi connectivity index (χ0) is 13.5. The molecule has 3 N–H and O–H groups in total. The second kappa shape index (κ2) is 7.03. The number of amides is 1. The molecule has 100 valence electrons. The minimum Gasteiger partial charge on any atom is -0.392 e. The maximum Gasteiger partial charge on any atom is 0.254 e. The van der Waals surface area contributed by atoms with E-state index in [0.29, 0.717) is 13.1 Å². The Labute approximate surface area is 104 Å². The van der Waals surface area contributed by atoms with E-state index in [1.54, 1.807) is 6.92 Å². The van der Waals surface area contributed by atoms with Gasteiger partial charge in [0.1, 0.15) is 11.6 Å². The van der Waals surface area contributed by atoms with Crippen LogP contribution in [0, 0.1) is 11.6 Å². The van der Waals surface area contributed by atoms with Crippen LogP contribution >= 0.6 is 0 Å². The summed E-state index contributed by atoms with van der Waals surface area (Å²) >= 11 is 0. The van der Waals surface area contributed by atoms with E-state index in [0.717, 1.165) is 18.2 Å². The number of rotatable bonds is 6. The fraction of sp³-hybridized carbons (Fsp3) is 0.417. The number of carbonyl (C=O) groups excluding carboxylic acids is 1. The number of benzene rings is 1. The van der Waals surface area contributed by atoms with Crippen molar-refractivity contribution in [2.45, 2.75) is 13.0 Å². The first kappa shape index (κ1) is 14.5. The highest BCUT2D eigenvalue weighted by Crippen LogP contribution is 2.09. The molecule has 0 saturated carbocycles. The van der Waals surface area contributed by atoms with Crippen LogP contribution in [0.2, 0.25) is 0 Å². The molecular weight excluding hydrogens is 242 g/mol. The van der Waals surface area contributed by atoms with Gasteiger partial charge in [0.15, 0.2) is 0 Å². The van der Waals surface area contributed by atoms with Crippen molar-refractivity contribution in [3.63, 3.8) is 0 Å². The summed E-state index contributed by atoms with van der Waals surface area (Å²) in [6.45, 7) is 2.74. The molecule has 1 amide bonds. The molecule has 1 unspecified atom stereocenters. The molecule has 0 aliphatic heterocycles. The number of nitrogens with one attached hydrogen (secondary N) is 2. The second-order valence-electron chi connectivity index (χ2n) is 3.93. The van der Waals surface area contributed by atoms with E-state index in [4.69, 9.17) is 5.11 Å². The zero-order valence-corrected chi connectivity index (χ0v) is 10.0. The van der Waals surface area contributed by atoms with Gasteiger partial charge in [-0.05, 0) is 25.1 Å². The summed E-state index contributed by atoms with van der Waals surface area (Å²) in [5, 5.41) is 14.3. The van der Waals surface area contributed by atoms with Gasteiger partial charge in [0.25, 0.3) is 5.91 Å². The summed E-state index contributed by atoms with van der Waals surface area (Å²) in [4.78, 5) is 11.5. The van der Waals surface area contributed by atoms with Gasteiger partial charge in [0.2, 0.25) is 0 Å². The van der Waals surface area contributed by atoms with Crippen LogP contribution in [0.5, 0.6) is 0 Å². The molecule has 1 aromatic carbocycles. The van der Waals surface area contributed by atoms with Gasteiger partial charge in [-0.3, -0.25) is 4.79 Å². The lowest BCUT2D eigenvalue weighted by Gasteiger charge is -2.08. The predicted molar refractivity (Wildman–Crippen MR) is 63.2 cm³/mol. The van der Waals surface area contributed by atoms with Gasteiger partial charge < -0.3 is 15.7 Å². The van der Waals surface area contributed by atoms with Gasteiger partial charge in [0, 0.05) is 19.6 Å². The standard InChI is InChI=1S/C12H16F2N2O2/c1-8(17)7-15-4-5-16-12(18)10-6-9(13)2-3-11(10)14/h2-3,6,8,15,17H,4-5,7H2,1H3,(H,16,18). The average molecular weight is 258 g/mol. The Balaban J connectivity index is 2.39. The van der Waals surface area contributed by atoms with E-state index in [1.807, 2.05) is 0 Å². The normalized spacial score (nSPS) is 12.2. The molecular formula is C12H16F2N2O2. The molecule has 0 saturated heterocycles. The Bertz CT molecular complexity index is 411. The highest BCUT2D eigenvalue weighted by molar-refractivity contribution is 5.94. The lowest BCUT2D eigenvalue weighted by Crippen LogP contribution is -2.34. The second-order valence-corrected chi connectivity index (χ2v) is 3.93. The Hall–Kier alpha value is -1.53. The van der Waals surface area contributed by atoms with Crippen LogP contribution in [-0.4, -0.2) is 36.8 Å². The Morgan fingerprint density at radius 1 is 1.39 bits per heavy atom. The minimum atomic E-state index is -0.758. The number of aliphatic hydroxyl groups is 1. The van der Waals surface area contributed by atoms with Crippen molar-refractivity contribution in [1.82, 2.24) is 10.6 Å². The third-order valence-electron chi connectivity index (χ3n) is 2.20. The molecule has 0 aliphatic rings. The Morgan fingerprint density at radius 3 is 2.78 bits per heavy atom. The molecule has 0 bridgehead atoms. The highest BCUT2D eigenvalue weighted by atomic mass is 19.1. The van der Waals surface area contributed by atoms with Gasteiger partial charge in [-0.2, -0.15) is 0 Å². The molecule has 0 radical (unpaired) electrons. The summed E-state index contributed by atoms with van der Waals surface area (Å²) in [7, 11) is 0. The van der Waals surface area contributed by atoms with Crippen molar-refractivity contribution in [2.24, 2.45) is 0 Å². The first-order chi connectivity index (χ1) is 8.50. The molecule has 0 spiro atoms. The van der Waals surface area contributed by atoms with Crippen LogP contribution in [0.25, 0.3) is 0 Å². The monoisotopic (exact) mass is 258 g/mol. The first-order valence-electron chi connectivity index (χ1n) is 5.62. The first-order valence-corrected chi connectivity index (χ1v) is 5.62. The largest absolute Gasteiger partial charge is 0.392 e. The van der Waals surface area contributed by atoms with Crippen molar-refractivity contribution in [3.8, 4) is 0 Å². The molecule has 0 fully saturated rings. The van der Waals surface area contributed by atoms with Crippen molar-refractivity contribution >= 4 is 5.91 Å². The number of hydrogen-bond donors (Lipinski definition) is 3. The lowest BCUT2D eigenvalue weighted by molar-refractivity contribution is 0.0949. The molecule has 0 aromatic heterocycles. The van der Waals surface area contributed by atoms with Gasteiger partial charge >= 0.3 is 0 Å². The van der Waals surface area contributed by atoms with Gasteiger partial charge in [-0.15, -0.1) is 0 Å². The quantitative estimate of drug-likeness (QED) is 0.657. The molecule has 1 aromatic rings. The van der Waals surface area contributed by atoms with E-state index < -0.39 is 23.6 Å². The van der Waals surface area contributed by atoms with Crippen molar-refractivity contribution in [3.05, 3.63) is 35.4 Å².